The number of aromatic nitrogens is 1. The van der Waals surface area contributed by atoms with E-state index in [2.05, 4.69) is 20.9 Å². The van der Waals surface area contributed by atoms with Crippen molar-refractivity contribution in [3.05, 3.63) is 45.9 Å². The van der Waals surface area contributed by atoms with E-state index in [0.717, 1.165) is 49.6 Å². The van der Waals surface area contributed by atoms with Crippen molar-refractivity contribution in [3.8, 4) is 11.8 Å². The number of nitrogens with zero attached hydrogens (tertiary/aromatic N) is 4. The van der Waals surface area contributed by atoms with Gasteiger partial charge in [-0.2, -0.15) is 5.26 Å². The average molecular weight is 342 g/mol. The van der Waals surface area contributed by atoms with Gasteiger partial charge in [0, 0.05) is 48.7 Å². The van der Waals surface area contributed by atoms with Crippen LogP contribution in [0.25, 0.3) is 0 Å². The van der Waals surface area contributed by atoms with Crippen LogP contribution in [0.2, 0.25) is 0 Å². The van der Waals surface area contributed by atoms with E-state index >= 15 is 0 Å². The van der Waals surface area contributed by atoms with Crippen molar-refractivity contribution in [3.63, 3.8) is 0 Å². The smallest absolute Gasteiger partial charge is 0.123 e. The highest BCUT2D eigenvalue weighted by Crippen LogP contribution is 2.22. The van der Waals surface area contributed by atoms with Gasteiger partial charge >= 0.3 is 0 Å². The van der Waals surface area contributed by atoms with Crippen molar-refractivity contribution < 1.29 is 4.74 Å². The Hall–Kier alpha value is -1.94. The van der Waals surface area contributed by atoms with Crippen molar-refractivity contribution >= 4 is 11.3 Å². The van der Waals surface area contributed by atoms with E-state index in [4.69, 9.17) is 10.00 Å². The van der Waals surface area contributed by atoms with Crippen LogP contribution in [-0.2, 0) is 13.1 Å². The van der Waals surface area contributed by atoms with Gasteiger partial charge in [0.2, 0.25) is 0 Å². The van der Waals surface area contributed by atoms with E-state index < -0.39 is 0 Å². The summed E-state index contributed by atoms with van der Waals surface area (Å²) in [7, 11) is 4.07. The molecule has 0 amide bonds. The Kier molecular flexibility index (Phi) is 5.46. The Bertz CT molecular complexity index is 722. The third-order valence-electron chi connectivity index (χ3n) is 3.96. The Morgan fingerprint density at radius 2 is 2.33 bits per heavy atom. The fourth-order valence-corrected chi connectivity index (χ4v) is 3.76. The highest BCUT2D eigenvalue weighted by Gasteiger charge is 2.24. The molecule has 5 nitrogen and oxygen atoms in total. The molecule has 0 radical (unpaired) electrons. The Morgan fingerprint density at radius 1 is 1.46 bits per heavy atom. The van der Waals surface area contributed by atoms with Gasteiger partial charge in [-0.05, 0) is 32.6 Å². The molecule has 0 aromatic carbocycles. The molecule has 1 saturated heterocycles. The predicted molar refractivity (Wildman–Crippen MR) is 95.0 cm³/mol. The molecule has 24 heavy (non-hydrogen) atoms. The number of nitriles is 1. The van der Waals surface area contributed by atoms with Crippen LogP contribution in [0, 0.1) is 11.3 Å². The van der Waals surface area contributed by atoms with Crippen molar-refractivity contribution in [2.45, 2.75) is 25.6 Å². The molecule has 1 fully saturated rings. The molecule has 0 N–H and O–H groups in total. The van der Waals surface area contributed by atoms with Crippen molar-refractivity contribution in [1.82, 2.24) is 14.8 Å². The number of rotatable bonds is 6. The minimum atomic E-state index is 0.218. The van der Waals surface area contributed by atoms with E-state index in [-0.39, 0.29) is 6.10 Å². The summed E-state index contributed by atoms with van der Waals surface area (Å²) >= 11 is 1.66. The summed E-state index contributed by atoms with van der Waals surface area (Å²) in [5.41, 5.74) is 1.78. The van der Waals surface area contributed by atoms with E-state index in [1.807, 2.05) is 43.9 Å². The SMILES string of the molecule is CN(C)Cc1cc(OC2CCN(Cc3cc(C#N)cs3)C2)ccn1. The molecular weight excluding hydrogens is 320 g/mol. The van der Waals surface area contributed by atoms with E-state index in [0.29, 0.717) is 0 Å². The largest absolute Gasteiger partial charge is 0.489 e. The van der Waals surface area contributed by atoms with Gasteiger partial charge in [0.25, 0.3) is 0 Å². The van der Waals surface area contributed by atoms with Crippen molar-refractivity contribution in [2.24, 2.45) is 0 Å². The summed E-state index contributed by atoms with van der Waals surface area (Å²) in [5.74, 6) is 0.900. The quantitative estimate of drug-likeness (QED) is 0.808. The van der Waals surface area contributed by atoms with Gasteiger partial charge in [-0.15, -0.1) is 11.3 Å². The zero-order chi connectivity index (χ0) is 16.9. The molecule has 2 aromatic heterocycles. The predicted octanol–water partition coefficient (Wildman–Crippen LogP) is 2.73. The zero-order valence-electron chi connectivity index (χ0n) is 14.1. The monoisotopic (exact) mass is 342 g/mol. The third-order valence-corrected chi connectivity index (χ3v) is 4.88. The maximum Gasteiger partial charge on any atom is 0.123 e. The molecule has 1 unspecified atom stereocenters. The molecular formula is C18H22N4OS. The van der Waals surface area contributed by atoms with Gasteiger partial charge in [0.1, 0.15) is 17.9 Å². The molecule has 2 aromatic rings. The third kappa shape index (κ3) is 4.54. The second-order valence-corrected chi connectivity index (χ2v) is 7.39. The Balaban J connectivity index is 1.53. The van der Waals surface area contributed by atoms with Crippen LogP contribution >= 0.6 is 11.3 Å². The number of likely N-dealkylation sites (tertiary alicyclic amines) is 1. The summed E-state index contributed by atoms with van der Waals surface area (Å²) < 4.78 is 6.14. The molecule has 1 aliphatic heterocycles. The van der Waals surface area contributed by atoms with Gasteiger partial charge in [0.05, 0.1) is 11.3 Å². The summed E-state index contributed by atoms with van der Waals surface area (Å²) in [6.07, 6.45) is 3.06. The number of thiophene rings is 1. The average Bonchev–Trinajstić information content (AvgIpc) is 3.17. The minimum absolute atomic E-state index is 0.218. The first-order chi connectivity index (χ1) is 11.6. The second kappa shape index (κ2) is 7.75. The van der Waals surface area contributed by atoms with Gasteiger partial charge in [-0.25, -0.2) is 0 Å². The number of hydrogen-bond donors (Lipinski definition) is 0. The molecule has 126 valence electrons. The van der Waals surface area contributed by atoms with Crippen LogP contribution < -0.4 is 4.74 Å². The van der Waals surface area contributed by atoms with Crippen LogP contribution in [0.5, 0.6) is 5.75 Å². The molecule has 0 aliphatic carbocycles. The van der Waals surface area contributed by atoms with Gasteiger partial charge in [-0.1, -0.05) is 0 Å². The second-order valence-electron chi connectivity index (χ2n) is 6.40. The van der Waals surface area contributed by atoms with Crippen LogP contribution in [0.4, 0.5) is 0 Å². The lowest BCUT2D eigenvalue weighted by molar-refractivity contribution is 0.198. The fraction of sp³-hybridized carbons (Fsp3) is 0.444. The number of pyridine rings is 1. The molecule has 1 atom stereocenters. The Labute approximate surface area is 147 Å². The first kappa shape index (κ1) is 16.9. The Morgan fingerprint density at radius 3 is 3.08 bits per heavy atom. The van der Waals surface area contributed by atoms with Crippen LogP contribution in [0.1, 0.15) is 22.6 Å². The summed E-state index contributed by atoms with van der Waals surface area (Å²) in [5, 5.41) is 10.8. The van der Waals surface area contributed by atoms with E-state index in [1.165, 1.54) is 4.88 Å². The fourth-order valence-electron chi connectivity index (χ4n) is 2.91. The molecule has 6 heteroatoms. The zero-order valence-corrected chi connectivity index (χ0v) is 14.9. The first-order valence-electron chi connectivity index (χ1n) is 8.08. The topological polar surface area (TPSA) is 52.4 Å². The van der Waals surface area contributed by atoms with Crippen LogP contribution in [0.15, 0.2) is 29.8 Å². The highest BCUT2D eigenvalue weighted by atomic mass is 32.1. The molecule has 1 aliphatic rings. The summed E-state index contributed by atoms with van der Waals surface area (Å²) in [6.45, 7) is 3.66. The maximum atomic E-state index is 8.91. The normalized spacial score (nSPS) is 18.0. The molecule has 3 rings (SSSR count). The van der Waals surface area contributed by atoms with Crippen LogP contribution in [-0.4, -0.2) is 48.1 Å². The maximum absolute atomic E-state index is 8.91. The van der Waals surface area contributed by atoms with Crippen LogP contribution in [0.3, 0.4) is 0 Å². The van der Waals surface area contributed by atoms with Gasteiger partial charge < -0.3 is 9.64 Å². The molecule has 0 spiro atoms. The molecule has 0 bridgehead atoms. The lowest BCUT2D eigenvalue weighted by Gasteiger charge is -2.17. The minimum Gasteiger partial charge on any atom is -0.489 e. The summed E-state index contributed by atoms with van der Waals surface area (Å²) in [6, 6.07) is 8.13. The standard InChI is InChI=1S/C18H22N4OS/c1-21(2)10-15-8-16(3-5-20-15)23-17-4-6-22(11-17)12-18-7-14(9-19)13-24-18/h3,5,7-8,13,17H,4,6,10-12H2,1-2H3. The number of hydrogen-bond acceptors (Lipinski definition) is 6. The van der Waals surface area contributed by atoms with Gasteiger partial charge in [0.15, 0.2) is 0 Å². The summed E-state index contributed by atoms with van der Waals surface area (Å²) in [4.78, 5) is 10.1. The van der Waals surface area contributed by atoms with Crippen molar-refractivity contribution in [2.75, 3.05) is 27.2 Å². The lowest BCUT2D eigenvalue weighted by Crippen LogP contribution is -2.24. The highest BCUT2D eigenvalue weighted by molar-refractivity contribution is 7.10. The lowest BCUT2D eigenvalue weighted by atomic mass is 10.3. The molecule has 3 heterocycles. The van der Waals surface area contributed by atoms with E-state index in [9.17, 15) is 0 Å². The molecule has 0 saturated carbocycles. The van der Waals surface area contributed by atoms with Crippen molar-refractivity contribution in [1.29, 1.82) is 5.26 Å². The number of ether oxygens (including phenoxy) is 1. The first-order valence-corrected chi connectivity index (χ1v) is 8.96. The van der Waals surface area contributed by atoms with E-state index in [1.54, 1.807) is 11.3 Å². The van der Waals surface area contributed by atoms with Gasteiger partial charge in [-0.3, -0.25) is 9.88 Å².